The SMILES string of the molecule is BrC1CCC(c2ccccc2)CC1CCC1CCCO1. The van der Waals surface area contributed by atoms with Crippen molar-refractivity contribution in [2.24, 2.45) is 5.92 Å². The van der Waals surface area contributed by atoms with Crippen LogP contribution in [0.1, 0.15) is 56.4 Å². The number of halogens is 1. The maximum Gasteiger partial charge on any atom is 0.0576 e. The van der Waals surface area contributed by atoms with Crippen LogP contribution in [-0.4, -0.2) is 17.5 Å². The lowest BCUT2D eigenvalue weighted by molar-refractivity contribution is 0.0958. The van der Waals surface area contributed by atoms with E-state index < -0.39 is 0 Å². The van der Waals surface area contributed by atoms with Crippen LogP contribution in [0.25, 0.3) is 0 Å². The minimum atomic E-state index is 0.548. The van der Waals surface area contributed by atoms with Crippen molar-refractivity contribution < 1.29 is 4.74 Å². The number of alkyl halides is 1. The second kappa shape index (κ2) is 7.09. The van der Waals surface area contributed by atoms with E-state index in [0.717, 1.165) is 18.4 Å². The van der Waals surface area contributed by atoms with Crippen LogP contribution in [-0.2, 0) is 4.74 Å². The Kier molecular flexibility index (Phi) is 5.17. The van der Waals surface area contributed by atoms with Gasteiger partial charge in [-0.05, 0) is 62.3 Å². The molecule has 4 atom stereocenters. The predicted molar refractivity (Wildman–Crippen MR) is 87.4 cm³/mol. The maximum atomic E-state index is 5.78. The van der Waals surface area contributed by atoms with E-state index in [1.54, 1.807) is 0 Å². The molecule has 110 valence electrons. The summed E-state index contributed by atoms with van der Waals surface area (Å²) in [5.74, 6) is 1.58. The van der Waals surface area contributed by atoms with Gasteiger partial charge in [0.15, 0.2) is 0 Å². The molecule has 2 heteroatoms. The Balaban J connectivity index is 1.55. The number of benzene rings is 1. The van der Waals surface area contributed by atoms with Gasteiger partial charge < -0.3 is 4.74 Å². The molecule has 1 saturated carbocycles. The largest absolute Gasteiger partial charge is 0.378 e. The number of rotatable bonds is 4. The molecule has 1 heterocycles. The quantitative estimate of drug-likeness (QED) is 0.678. The van der Waals surface area contributed by atoms with Crippen molar-refractivity contribution in [2.75, 3.05) is 6.61 Å². The first-order chi connectivity index (χ1) is 9.83. The van der Waals surface area contributed by atoms with Crippen molar-refractivity contribution in [3.63, 3.8) is 0 Å². The van der Waals surface area contributed by atoms with Gasteiger partial charge in [0.25, 0.3) is 0 Å². The van der Waals surface area contributed by atoms with Crippen LogP contribution in [0.5, 0.6) is 0 Å². The van der Waals surface area contributed by atoms with Gasteiger partial charge in [-0.25, -0.2) is 0 Å². The minimum absolute atomic E-state index is 0.548. The summed E-state index contributed by atoms with van der Waals surface area (Å²) in [6, 6.07) is 11.1. The fraction of sp³-hybridized carbons (Fsp3) is 0.667. The first kappa shape index (κ1) is 14.6. The van der Waals surface area contributed by atoms with Gasteiger partial charge in [-0.15, -0.1) is 0 Å². The van der Waals surface area contributed by atoms with Crippen molar-refractivity contribution >= 4 is 15.9 Å². The Bertz CT molecular complexity index is 399. The van der Waals surface area contributed by atoms with Crippen LogP contribution in [0.3, 0.4) is 0 Å². The Hall–Kier alpha value is -0.340. The van der Waals surface area contributed by atoms with E-state index in [1.165, 1.54) is 50.5 Å². The van der Waals surface area contributed by atoms with Crippen molar-refractivity contribution in [3.05, 3.63) is 35.9 Å². The zero-order valence-electron chi connectivity index (χ0n) is 12.1. The summed E-state index contributed by atoms with van der Waals surface area (Å²) in [5.41, 5.74) is 1.54. The van der Waals surface area contributed by atoms with E-state index in [9.17, 15) is 0 Å². The molecule has 0 spiro atoms. The fourth-order valence-electron chi connectivity index (χ4n) is 3.83. The molecule has 1 saturated heterocycles. The standard InChI is InChI=1S/C18H25BrO/c19-18-11-9-15(14-5-2-1-3-6-14)13-16(18)8-10-17-7-4-12-20-17/h1-3,5-6,15-18H,4,7-13H2. The van der Waals surface area contributed by atoms with Gasteiger partial charge in [-0.1, -0.05) is 46.3 Å². The first-order valence-corrected chi connectivity index (χ1v) is 9.05. The molecule has 3 rings (SSSR count). The van der Waals surface area contributed by atoms with Crippen molar-refractivity contribution in [1.29, 1.82) is 0 Å². The van der Waals surface area contributed by atoms with Crippen LogP contribution in [0.2, 0.25) is 0 Å². The summed E-state index contributed by atoms with van der Waals surface area (Å²) in [6.07, 6.45) is 9.66. The van der Waals surface area contributed by atoms with Crippen LogP contribution in [0.15, 0.2) is 30.3 Å². The highest BCUT2D eigenvalue weighted by molar-refractivity contribution is 9.09. The van der Waals surface area contributed by atoms with Gasteiger partial charge in [-0.2, -0.15) is 0 Å². The Morgan fingerprint density at radius 2 is 1.90 bits per heavy atom. The third-order valence-electron chi connectivity index (χ3n) is 5.04. The van der Waals surface area contributed by atoms with Crippen molar-refractivity contribution in [1.82, 2.24) is 0 Å². The molecule has 4 unspecified atom stereocenters. The summed E-state index contributed by atoms with van der Waals surface area (Å²) >= 11 is 3.92. The van der Waals surface area contributed by atoms with Gasteiger partial charge in [0.2, 0.25) is 0 Å². The van der Waals surface area contributed by atoms with Gasteiger partial charge >= 0.3 is 0 Å². The van der Waals surface area contributed by atoms with E-state index >= 15 is 0 Å². The average molecular weight is 337 g/mol. The molecule has 1 aliphatic heterocycles. The summed E-state index contributed by atoms with van der Waals surface area (Å²) in [6.45, 7) is 0.986. The summed E-state index contributed by atoms with van der Waals surface area (Å²) < 4.78 is 5.78. The molecule has 0 radical (unpaired) electrons. The maximum absolute atomic E-state index is 5.78. The molecule has 1 aromatic rings. The Morgan fingerprint density at radius 1 is 1.05 bits per heavy atom. The summed E-state index contributed by atoms with van der Waals surface area (Å²) in [4.78, 5) is 0.712. The van der Waals surface area contributed by atoms with Crippen molar-refractivity contribution in [3.8, 4) is 0 Å². The highest BCUT2D eigenvalue weighted by Crippen LogP contribution is 2.41. The van der Waals surface area contributed by atoms with Crippen LogP contribution in [0, 0.1) is 5.92 Å². The molecule has 0 amide bonds. The minimum Gasteiger partial charge on any atom is -0.378 e. The molecule has 0 aromatic heterocycles. The zero-order valence-corrected chi connectivity index (χ0v) is 13.7. The predicted octanol–water partition coefficient (Wildman–Crippen LogP) is 5.29. The van der Waals surface area contributed by atoms with Crippen LogP contribution < -0.4 is 0 Å². The zero-order chi connectivity index (χ0) is 13.8. The van der Waals surface area contributed by atoms with Crippen molar-refractivity contribution in [2.45, 2.75) is 61.8 Å². The molecule has 0 bridgehead atoms. The lowest BCUT2D eigenvalue weighted by Gasteiger charge is -2.34. The van der Waals surface area contributed by atoms with Gasteiger partial charge in [0.05, 0.1) is 6.10 Å². The molecule has 1 aromatic carbocycles. The van der Waals surface area contributed by atoms with Gasteiger partial charge in [0, 0.05) is 11.4 Å². The molecule has 1 nitrogen and oxygen atoms in total. The molecule has 20 heavy (non-hydrogen) atoms. The van der Waals surface area contributed by atoms with Gasteiger partial charge in [0.1, 0.15) is 0 Å². The smallest absolute Gasteiger partial charge is 0.0576 e. The van der Waals surface area contributed by atoms with E-state index in [4.69, 9.17) is 4.74 Å². The molecule has 1 aliphatic carbocycles. The Morgan fingerprint density at radius 3 is 2.65 bits per heavy atom. The Labute approximate surface area is 131 Å². The summed E-state index contributed by atoms with van der Waals surface area (Å²) in [5, 5.41) is 0. The normalized spacial score (nSPS) is 34.2. The fourth-order valence-corrected chi connectivity index (χ4v) is 4.57. The third kappa shape index (κ3) is 3.65. The van der Waals surface area contributed by atoms with E-state index in [-0.39, 0.29) is 0 Å². The first-order valence-electron chi connectivity index (χ1n) is 8.13. The number of ether oxygens (including phenoxy) is 1. The molecule has 2 aliphatic rings. The highest BCUT2D eigenvalue weighted by atomic mass is 79.9. The van der Waals surface area contributed by atoms with Crippen LogP contribution >= 0.6 is 15.9 Å². The lowest BCUT2D eigenvalue weighted by Crippen LogP contribution is -2.25. The third-order valence-corrected chi connectivity index (χ3v) is 6.25. The number of hydrogen-bond donors (Lipinski definition) is 0. The van der Waals surface area contributed by atoms with E-state index in [0.29, 0.717) is 10.9 Å². The number of hydrogen-bond acceptors (Lipinski definition) is 1. The molecule has 0 N–H and O–H groups in total. The second-order valence-electron chi connectivity index (χ2n) is 6.41. The average Bonchev–Trinajstić information content (AvgIpc) is 3.01. The van der Waals surface area contributed by atoms with Crippen LogP contribution in [0.4, 0.5) is 0 Å². The molecular weight excluding hydrogens is 312 g/mol. The second-order valence-corrected chi connectivity index (χ2v) is 7.59. The highest BCUT2D eigenvalue weighted by Gasteiger charge is 2.30. The van der Waals surface area contributed by atoms with Gasteiger partial charge in [-0.3, -0.25) is 0 Å². The molecule has 2 fully saturated rings. The monoisotopic (exact) mass is 336 g/mol. The van der Waals surface area contributed by atoms with E-state index in [2.05, 4.69) is 46.3 Å². The molecular formula is C18H25BrO. The lowest BCUT2D eigenvalue weighted by atomic mass is 9.76. The van der Waals surface area contributed by atoms with E-state index in [1.807, 2.05) is 0 Å². The topological polar surface area (TPSA) is 9.23 Å². The summed E-state index contributed by atoms with van der Waals surface area (Å²) in [7, 11) is 0.